The lowest BCUT2D eigenvalue weighted by molar-refractivity contribution is -0.174. The number of hydrogen-bond acceptors (Lipinski definition) is 6. The molecule has 13 heteroatoms. The number of anilines is 2. The molecule has 1 rings (SSSR count). The van der Waals surface area contributed by atoms with E-state index in [9.17, 15) is 24.0 Å². The van der Waals surface area contributed by atoms with E-state index in [2.05, 4.69) is 10.6 Å². The molecule has 28 heavy (non-hydrogen) atoms. The van der Waals surface area contributed by atoms with E-state index in [0.29, 0.717) is 3.57 Å². The quantitative estimate of drug-likeness (QED) is 0.198. The van der Waals surface area contributed by atoms with Crippen LogP contribution in [0.2, 0.25) is 0 Å². The number of halogens is 3. The summed E-state index contributed by atoms with van der Waals surface area (Å²) in [4.78, 5) is 58.4. The minimum Gasteiger partial charge on any atom is -0.478 e. The molecule has 0 unspecified atom stereocenters. The van der Waals surface area contributed by atoms with Crippen LogP contribution in [0.1, 0.15) is 31.1 Å². The van der Waals surface area contributed by atoms with E-state index in [1.54, 1.807) is 45.2 Å². The number of carbonyl (C=O) groups excluding carboxylic acids is 3. The van der Waals surface area contributed by atoms with Crippen LogP contribution in [0, 0.1) is 10.7 Å². The summed E-state index contributed by atoms with van der Waals surface area (Å²) >= 11 is 5.36. The van der Waals surface area contributed by atoms with Crippen molar-refractivity contribution in [3.8, 4) is 0 Å². The van der Waals surface area contributed by atoms with Crippen LogP contribution in [0.3, 0.4) is 0 Å². The topological polar surface area (TPSA) is 159 Å². The zero-order valence-corrected chi connectivity index (χ0v) is 21.0. The molecule has 0 fully saturated rings. The van der Waals surface area contributed by atoms with E-state index in [1.165, 1.54) is 13.8 Å². The average Bonchev–Trinajstić information content (AvgIpc) is 2.54. The third kappa shape index (κ3) is 5.22. The van der Waals surface area contributed by atoms with Gasteiger partial charge >= 0.3 is 23.5 Å². The Kier molecular flexibility index (Phi) is 8.42. The maximum absolute atomic E-state index is 12.7. The van der Waals surface area contributed by atoms with Crippen molar-refractivity contribution in [1.82, 2.24) is 0 Å². The lowest BCUT2D eigenvalue weighted by Crippen LogP contribution is -2.48. The largest absolute Gasteiger partial charge is 0.478 e. The van der Waals surface area contributed by atoms with Crippen LogP contribution in [0.15, 0.2) is 0 Å². The predicted octanol–water partition coefficient (Wildman–Crippen LogP) is 2.50. The van der Waals surface area contributed by atoms with E-state index in [0.717, 1.165) is 6.92 Å². The molecule has 152 valence electrons. The van der Waals surface area contributed by atoms with Gasteiger partial charge in [-0.15, -0.1) is 0 Å². The lowest BCUT2D eigenvalue weighted by Gasteiger charge is -2.23. The summed E-state index contributed by atoms with van der Waals surface area (Å²) in [5.41, 5.74) is -2.63. The maximum atomic E-state index is 12.7. The molecule has 0 heterocycles. The van der Waals surface area contributed by atoms with E-state index in [4.69, 9.17) is 14.9 Å². The van der Waals surface area contributed by atoms with Crippen LogP contribution < -0.4 is 10.6 Å². The first kappa shape index (κ1) is 24.8. The number of rotatable bonds is 6. The third-order valence-corrected chi connectivity index (χ3v) is 6.47. The van der Waals surface area contributed by atoms with Gasteiger partial charge in [0.15, 0.2) is 0 Å². The molecule has 1 aromatic carbocycles. The van der Waals surface area contributed by atoms with Gasteiger partial charge in [0, 0.05) is 13.8 Å². The Hall–Kier alpha value is -1.24. The van der Waals surface area contributed by atoms with E-state index in [-0.39, 0.29) is 24.1 Å². The minimum absolute atomic E-state index is 0.192. The fourth-order valence-corrected chi connectivity index (χ4v) is 5.98. The highest BCUT2D eigenvalue weighted by atomic mass is 127. The molecule has 0 bridgehead atoms. The maximum Gasteiger partial charge on any atom is 0.359 e. The van der Waals surface area contributed by atoms with Crippen LogP contribution in [0.5, 0.6) is 0 Å². The average molecular weight is 730 g/mol. The van der Waals surface area contributed by atoms with Crippen molar-refractivity contribution in [2.24, 2.45) is 0 Å². The summed E-state index contributed by atoms with van der Waals surface area (Å²) in [5.74, 6) is -5.88. The lowest BCUT2D eigenvalue weighted by atomic mass is 10.1. The van der Waals surface area contributed by atoms with Gasteiger partial charge < -0.3 is 25.6 Å². The summed E-state index contributed by atoms with van der Waals surface area (Å²) in [6.45, 7) is 3.21. The molecule has 0 atom stereocenters. The molecule has 0 saturated carbocycles. The van der Waals surface area contributed by atoms with Crippen LogP contribution >= 0.6 is 67.8 Å². The number of esters is 1. The molecule has 1 aromatic rings. The second kappa shape index (κ2) is 9.51. The monoisotopic (exact) mass is 730 g/mol. The Labute approximate surface area is 199 Å². The molecule has 2 amide bonds. The van der Waals surface area contributed by atoms with Crippen molar-refractivity contribution >= 4 is 109 Å². The normalized spacial score (nSPS) is 10.8. The number of aliphatic carboxylic acids is 2. The molecule has 0 aliphatic carbocycles. The highest BCUT2D eigenvalue weighted by molar-refractivity contribution is 14.1. The van der Waals surface area contributed by atoms with Gasteiger partial charge in [-0.1, -0.05) is 0 Å². The first-order valence-electron chi connectivity index (χ1n) is 7.19. The highest BCUT2D eigenvalue weighted by Crippen LogP contribution is 2.39. The molecule has 0 radical (unpaired) electrons. The van der Waals surface area contributed by atoms with Crippen LogP contribution in [-0.4, -0.2) is 45.5 Å². The van der Waals surface area contributed by atoms with Crippen molar-refractivity contribution < 1.29 is 38.9 Å². The van der Waals surface area contributed by atoms with Crippen LogP contribution in [-0.2, 0) is 23.9 Å². The Bertz CT molecular complexity index is 843. The SMILES string of the molecule is CC(=O)Nc1c(I)c(NC(C)=O)c(I)c(C(=O)OC(C)(C(=O)O)C(=O)O)c1I. The molecule has 0 aliphatic heterocycles. The molecule has 4 N–H and O–H groups in total. The van der Waals surface area contributed by atoms with Gasteiger partial charge in [0.2, 0.25) is 11.8 Å². The summed E-state index contributed by atoms with van der Waals surface area (Å²) in [6, 6.07) is 0. The number of ether oxygens (including phenoxy) is 1. The first-order valence-corrected chi connectivity index (χ1v) is 10.4. The Morgan fingerprint density at radius 1 is 0.821 bits per heavy atom. The molecule has 0 spiro atoms. The highest BCUT2D eigenvalue weighted by Gasteiger charge is 2.47. The minimum atomic E-state index is -2.82. The Morgan fingerprint density at radius 2 is 1.18 bits per heavy atom. The molecule has 0 aliphatic rings. The Morgan fingerprint density at radius 3 is 1.46 bits per heavy atom. The number of amides is 2. The summed E-state index contributed by atoms with van der Waals surface area (Å²) in [5, 5.41) is 23.4. The third-order valence-electron chi connectivity index (χ3n) is 3.24. The van der Waals surface area contributed by atoms with Gasteiger partial charge in [-0.2, -0.15) is 0 Å². The smallest absolute Gasteiger partial charge is 0.359 e. The van der Waals surface area contributed by atoms with Gasteiger partial charge in [-0.05, 0) is 74.7 Å². The number of carbonyl (C=O) groups is 5. The first-order chi connectivity index (χ1) is 12.7. The van der Waals surface area contributed by atoms with Gasteiger partial charge in [-0.25, -0.2) is 14.4 Å². The number of nitrogens with one attached hydrogen (secondary N) is 2. The van der Waals surface area contributed by atoms with Crippen LogP contribution in [0.25, 0.3) is 0 Å². The molecule has 0 aromatic heterocycles. The molecule has 0 saturated heterocycles. The number of benzene rings is 1. The summed E-state index contributed by atoms with van der Waals surface area (Å²) in [7, 11) is 0. The molecular formula is C15H13I3N2O8. The molecule has 10 nitrogen and oxygen atoms in total. The van der Waals surface area contributed by atoms with E-state index in [1.807, 2.05) is 22.6 Å². The fourth-order valence-electron chi connectivity index (χ4n) is 1.83. The van der Waals surface area contributed by atoms with Crippen molar-refractivity contribution in [3.63, 3.8) is 0 Å². The van der Waals surface area contributed by atoms with Crippen molar-refractivity contribution in [3.05, 3.63) is 16.3 Å². The van der Waals surface area contributed by atoms with Gasteiger partial charge in [0.1, 0.15) is 0 Å². The van der Waals surface area contributed by atoms with Crippen molar-refractivity contribution in [1.29, 1.82) is 0 Å². The summed E-state index contributed by atoms with van der Waals surface area (Å²) < 4.78 is 5.60. The zero-order chi connectivity index (χ0) is 22.0. The summed E-state index contributed by atoms with van der Waals surface area (Å²) in [6.07, 6.45) is 0. The van der Waals surface area contributed by atoms with Crippen molar-refractivity contribution in [2.75, 3.05) is 10.6 Å². The van der Waals surface area contributed by atoms with Crippen molar-refractivity contribution in [2.45, 2.75) is 26.4 Å². The number of carboxylic acids is 2. The van der Waals surface area contributed by atoms with Gasteiger partial charge in [-0.3, -0.25) is 9.59 Å². The number of hydrogen-bond donors (Lipinski definition) is 4. The fraction of sp³-hybridized carbons (Fsp3) is 0.267. The van der Waals surface area contributed by atoms with E-state index < -0.39 is 35.3 Å². The number of carboxylic acid groups (broad SMARTS) is 2. The second-order valence-electron chi connectivity index (χ2n) is 5.46. The van der Waals surface area contributed by atoms with Gasteiger partial charge in [0.25, 0.3) is 0 Å². The standard InChI is InChI=1S/C15H13I3N2O8/c1-4(21)19-10-7(16)6(8(17)11(9(10)18)20-5(2)22)12(23)28-15(3,13(24)25)14(26)27/h1-3H3,(H,19,21)(H,20,22)(H,24,25)(H,26,27). The predicted molar refractivity (Wildman–Crippen MR) is 122 cm³/mol. The zero-order valence-electron chi connectivity index (χ0n) is 14.5. The second-order valence-corrected chi connectivity index (χ2v) is 8.70. The van der Waals surface area contributed by atoms with Gasteiger partial charge in [0.05, 0.1) is 27.6 Å². The Balaban J connectivity index is 3.71. The molecular weight excluding hydrogens is 717 g/mol. The van der Waals surface area contributed by atoms with E-state index >= 15 is 0 Å². The van der Waals surface area contributed by atoms with Crippen LogP contribution in [0.4, 0.5) is 11.4 Å².